The number of hydrogen-bond acceptors (Lipinski definition) is 1. The highest BCUT2D eigenvalue weighted by molar-refractivity contribution is 9.10. The summed E-state index contributed by atoms with van der Waals surface area (Å²) < 4.78 is 1.08. The average molecular weight is 462 g/mol. The van der Waals surface area contributed by atoms with E-state index in [2.05, 4.69) is 119 Å². The van der Waals surface area contributed by atoms with E-state index in [0.717, 1.165) is 27.0 Å². The van der Waals surface area contributed by atoms with Gasteiger partial charge in [-0.2, -0.15) is 0 Å². The van der Waals surface area contributed by atoms with E-state index in [1.54, 1.807) is 0 Å². The molecular formula is C29H20BrN. The monoisotopic (exact) mass is 461 g/mol. The number of nitrogens with zero attached hydrogens (tertiary/aromatic N) is 1. The second-order valence-electron chi connectivity index (χ2n) is 7.45. The maximum absolute atomic E-state index is 5.01. The highest BCUT2D eigenvalue weighted by Crippen LogP contribution is 2.31. The van der Waals surface area contributed by atoms with Gasteiger partial charge < -0.3 is 0 Å². The Morgan fingerprint density at radius 2 is 0.871 bits per heavy atom. The molecule has 0 N–H and O–H groups in total. The van der Waals surface area contributed by atoms with Gasteiger partial charge in [-0.15, -0.1) is 0 Å². The zero-order valence-corrected chi connectivity index (χ0v) is 18.5. The first-order chi connectivity index (χ1) is 15.3. The van der Waals surface area contributed by atoms with E-state index in [4.69, 9.17) is 4.98 Å². The quantitative estimate of drug-likeness (QED) is 0.261. The lowest BCUT2D eigenvalue weighted by atomic mass is 9.98. The number of hydrogen-bond donors (Lipinski definition) is 0. The average Bonchev–Trinajstić information content (AvgIpc) is 2.85. The van der Waals surface area contributed by atoms with Gasteiger partial charge in [0, 0.05) is 15.6 Å². The molecule has 0 spiro atoms. The third kappa shape index (κ3) is 4.35. The third-order valence-corrected chi connectivity index (χ3v) is 5.83. The molecule has 0 saturated carbocycles. The molecule has 5 rings (SSSR count). The van der Waals surface area contributed by atoms with E-state index >= 15 is 0 Å². The first kappa shape index (κ1) is 19.5. The molecule has 1 aromatic heterocycles. The Bertz CT molecular complexity index is 1250. The Kier molecular flexibility index (Phi) is 5.47. The smallest absolute Gasteiger partial charge is 0.0715 e. The van der Waals surface area contributed by atoms with Gasteiger partial charge in [0.05, 0.1) is 11.4 Å². The highest BCUT2D eigenvalue weighted by atomic mass is 79.9. The largest absolute Gasteiger partial charge is 0.248 e. The van der Waals surface area contributed by atoms with E-state index < -0.39 is 0 Å². The van der Waals surface area contributed by atoms with Gasteiger partial charge in [-0.1, -0.05) is 113 Å². The molecule has 0 aliphatic carbocycles. The van der Waals surface area contributed by atoms with E-state index in [1.807, 2.05) is 18.2 Å². The summed E-state index contributed by atoms with van der Waals surface area (Å²) in [6, 6.07) is 42.2. The molecule has 0 bridgehead atoms. The number of halogens is 1. The molecule has 5 aromatic rings. The van der Waals surface area contributed by atoms with Crippen LogP contribution in [0.3, 0.4) is 0 Å². The first-order valence-electron chi connectivity index (χ1n) is 10.3. The summed E-state index contributed by atoms with van der Waals surface area (Å²) in [7, 11) is 0. The van der Waals surface area contributed by atoms with Crippen LogP contribution in [0.25, 0.3) is 44.8 Å². The minimum absolute atomic E-state index is 0.973. The molecule has 0 fully saturated rings. The third-order valence-electron chi connectivity index (χ3n) is 5.34. The molecule has 148 valence electrons. The summed E-state index contributed by atoms with van der Waals surface area (Å²) in [6.07, 6.45) is 0. The second-order valence-corrected chi connectivity index (χ2v) is 8.36. The van der Waals surface area contributed by atoms with Crippen LogP contribution in [0.4, 0.5) is 0 Å². The number of benzene rings is 4. The van der Waals surface area contributed by atoms with Gasteiger partial charge in [0.15, 0.2) is 0 Å². The molecule has 2 heteroatoms. The fourth-order valence-electron chi connectivity index (χ4n) is 3.73. The molecule has 0 amide bonds. The van der Waals surface area contributed by atoms with Gasteiger partial charge in [-0.25, -0.2) is 4.98 Å². The summed E-state index contributed by atoms with van der Waals surface area (Å²) >= 11 is 3.56. The lowest BCUT2D eigenvalue weighted by Gasteiger charge is -2.11. The lowest BCUT2D eigenvalue weighted by Crippen LogP contribution is -1.91. The van der Waals surface area contributed by atoms with Gasteiger partial charge in [-0.05, 0) is 46.5 Å². The molecule has 0 saturated heterocycles. The normalized spacial score (nSPS) is 10.7. The minimum Gasteiger partial charge on any atom is -0.248 e. The van der Waals surface area contributed by atoms with Crippen LogP contribution in [0.2, 0.25) is 0 Å². The lowest BCUT2D eigenvalue weighted by molar-refractivity contribution is 1.32. The van der Waals surface area contributed by atoms with Crippen molar-refractivity contribution in [3.05, 3.63) is 126 Å². The van der Waals surface area contributed by atoms with Crippen molar-refractivity contribution in [2.45, 2.75) is 0 Å². The fourth-order valence-corrected chi connectivity index (χ4v) is 4.13. The van der Waals surface area contributed by atoms with Crippen molar-refractivity contribution < 1.29 is 0 Å². The number of pyridine rings is 1. The first-order valence-corrected chi connectivity index (χ1v) is 11.0. The molecule has 31 heavy (non-hydrogen) atoms. The van der Waals surface area contributed by atoms with Gasteiger partial charge in [0.25, 0.3) is 0 Å². The predicted octanol–water partition coefficient (Wildman–Crippen LogP) is 8.51. The van der Waals surface area contributed by atoms with Gasteiger partial charge >= 0.3 is 0 Å². The van der Waals surface area contributed by atoms with Crippen LogP contribution >= 0.6 is 15.9 Å². The predicted molar refractivity (Wildman–Crippen MR) is 134 cm³/mol. The zero-order valence-electron chi connectivity index (χ0n) is 16.9. The number of aromatic nitrogens is 1. The Labute approximate surface area is 191 Å². The molecule has 0 atom stereocenters. The van der Waals surface area contributed by atoms with Crippen LogP contribution in [0.1, 0.15) is 0 Å². The van der Waals surface area contributed by atoms with Crippen molar-refractivity contribution >= 4 is 15.9 Å². The second kappa shape index (κ2) is 8.71. The van der Waals surface area contributed by atoms with Crippen molar-refractivity contribution in [3.63, 3.8) is 0 Å². The zero-order chi connectivity index (χ0) is 21.0. The summed E-state index contributed by atoms with van der Waals surface area (Å²) in [5, 5.41) is 0. The molecule has 1 heterocycles. The molecule has 0 aliphatic rings. The van der Waals surface area contributed by atoms with Crippen molar-refractivity contribution in [1.29, 1.82) is 0 Å². The SMILES string of the molecule is Brc1cccc(-c2ccc(-c3cc(-c4ccccc4)cc(-c4ccccc4)n3)cc2)c1. The van der Waals surface area contributed by atoms with Gasteiger partial charge in [0.1, 0.15) is 0 Å². The van der Waals surface area contributed by atoms with Crippen molar-refractivity contribution in [1.82, 2.24) is 4.98 Å². The Morgan fingerprint density at radius 1 is 0.387 bits per heavy atom. The fraction of sp³-hybridized carbons (Fsp3) is 0. The van der Waals surface area contributed by atoms with Crippen LogP contribution in [-0.4, -0.2) is 4.98 Å². The van der Waals surface area contributed by atoms with E-state index in [9.17, 15) is 0 Å². The van der Waals surface area contributed by atoms with Crippen molar-refractivity contribution in [2.24, 2.45) is 0 Å². The van der Waals surface area contributed by atoms with Crippen LogP contribution < -0.4 is 0 Å². The van der Waals surface area contributed by atoms with Crippen molar-refractivity contribution in [3.8, 4) is 44.8 Å². The topological polar surface area (TPSA) is 12.9 Å². The molecule has 4 aromatic carbocycles. The van der Waals surface area contributed by atoms with E-state index in [1.165, 1.54) is 22.3 Å². The minimum atomic E-state index is 0.973. The summed E-state index contributed by atoms with van der Waals surface area (Å²) in [5.74, 6) is 0. The van der Waals surface area contributed by atoms with E-state index in [-0.39, 0.29) is 0 Å². The Balaban J connectivity index is 1.59. The van der Waals surface area contributed by atoms with Crippen LogP contribution in [0.15, 0.2) is 126 Å². The van der Waals surface area contributed by atoms with Crippen LogP contribution in [-0.2, 0) is 0 Å². The Morgan fingerprint density at radius 3 is 1.48 bits per heavy atom. The van der Waals surface area contributed by atoms with Crippen molar-refractivity contribution in [2.75, 3.05) is 0 Å². The highest BCUT2D eigenvalue weighted by Gasteiger charge is 2.09. The summed E-state index contributed by atoms with van der Waals surface area (Å²) in [5.41, 5.74) is 8.91. The number of rotatable bonds is 4. The maximum Gasteiger partial charge on any atom is 0.0715 e. The standard InChI is InChI=1S/C29H20BrN/c30-27-13-7-12-25(18-27)22-14-16-24(17-15-22)29-20-26(21-8-3-1-4-9-21)19-28(31-29)23-10-5-2-6-11-23/h1-20H. The summed E-state index contributed by atoms with van der Waals surface area (Å²) in [6.45, 7) is 0. The molecule has 0 unspecified atom stereocenters. The van der Waals surface area contributed by atoms with Gasteiger partial charge in [-0.3, -0.25) is 0 Å². The maximum atomic E-state index is 5.01. The van der Waals surface area contributed by atoms with Crippen LogP contribution in [0.5, 0.6) is 0 Å². The van der Waals surface area contributed by atoms with Crippen LogP contribution in [0, 0.1) is 0 Å². The molecular weight excluding hydrogens is 442 g/mol. The molecule has 0 radical (unpaired) electrons. The Hall–Kier alpha value is -3.49. The molecule has 1 nitrogen and oxygen atoms in total. The van der Waals surface area contributed by atoms with E-state index in [0.29, 0.717) is 0 Å². The van der Waals surface area contributed by atoms with Gasteiger partial charge in [0.2, 0.25) is 0 Å². The summed E-state index contributed by atoms with van der Waals surface area (Å²) in [4.78, 5) is 5.01. The molecule has 0 aliphatic heterocycles.